The van der Waals surface area contributed by atoms with Crippen LogP contribution in [0.2, 0.25) is 5.02 Å². The average molecular weight is 293 g/mol. The molecule has 2 rings (SSSR count). The van der Waals surface area contributed by atoms with Crippen molar-refractivity contribution in [3.63, 3.8) is 0 Å². The van der Waals surface area contributed by atoms with Crippen LogP contribution in [-0.4, -0.2) is 9.13 Å². The van der Waals surface area contributed by atoms with Gasteiger partial charge in [0.05, 0.1) is 6.54 Å². The number of aryl methyl sites for hydroxylation is 2. The molecule has 0 aliphatic heterocycles. The second kappa shape index (κ2) is 6.09. The third kappa shape index (κ3) is 3.02. The Bertz CT molecular complexity index is 731. The lowest BCUT2D eigenvalue weighted by molar-refractivity contribution is 0.571. The van der Waals surface area contributed by atoms with Crippen molar-refractivity contribution in [3.8, 4) is 0 Å². The maximum atomic E-state index is 12.2. The van der Waals surface area contributed by atoms with Crippen LogP contribution in [0.3, 0.4) is 0 Å². The fourth-order valence-electron chi connectivity index (χ4n) is 2.06. The summed E-state index contributed by atoms with van der Waals surface area (Å²) in [7, 11) is 0. The average Bonchev–Trinajstić information content (AvgIpc) is 2.40. The first kappa shape index (κ1) is 14.6. The fourth-order valence-corrected chi connectivity index (χ4v) is 2.36. The molecular weight excluding hydrogens is 276 g/mol. The molecule has 0 bridgehead atoms. The first-order valence-electron chi connectivity index (χ1n) is 6.58. The molecule has 0 N–H and O–H groups in total. The largest absolute Gasteiger partial charge is 0.331 e. The van der Waals surface area contributed by atoms with Crippen LogP contribution < -0.4 is 11.2 Å². The van der Waals surface area contributed by atoms with Gasteiger partial charge in [-0.25, -0.2) is 4.79 Å². The van der Waals surface area contributed by atoms with Crippen LogP contribution >= 0.6 is 11.6 Å². The van der Waals surface area contributed by atoms with Crippen molar-refractivity contribution < 1.29 is 0 Å². The molecule has 5 heteroatoms. The standard InChI is InChI=1S/C15H17ClN2O2/c1-3-7-17-8-6-14(19)18(15(17)20)10-12-5-4-11(2)9-13(12)16/h4-6,8-9H,3,7,10H2,1-2H3. The zero-order chi connectivity index (χ0) is 14.7. The van der Waals surface area contributed by atoms with Gasteiger partial charge in [0.15, 0.2) is 0 Å². The van der Waals surface area contributed by atoms with Crippen molar-refractivity contribution >= 4 is 11.6 Å². The Kier molecular flexibility index (Phi) is 4.45. The second-order valence-electron chi connectivity index (χ2n) is 4.81. The van der Waals surface area contributed by atoms with Crippen LogP contribution in [0.5, 0.6) is 0 Å². The molecular formula is C15H17ClN2O2. The molecule has 0 unspecified atom stereocenters. The summed E-state index contributed by atoms with van der Waals surface area (Å²) in [6, 6.07) is 7.01. The molecule has 0 aliphatic carbocycles. The van der Waals surface area contributed by atoms with Gasteiger partial charge in [-0.2, -0.15) is 0 Å². The Morgan fingerprint density at radius 1 is 1.20 bits per heavy atom. The number of hydrogen-bond donors (Lipinski definition) is 0. The van der Waals surface area contributed by atoms with Crippen molar-refractivity contribution in [1.29, 1.82) is 0 Å². The maximum Gasteiger partial charge on any atom is 0.331 e. The molecule has 0 atom stereocenters. The highest BCUT2D eigenvalue weighted by Gasteiger charge is 2.08. The van der Waals surface area contributed by atoms with E-state index in [0.717, 1.165) is 17.5 Å². The summed E-state index contributed by atoms with van der Waals surface area (Å²) in [6.07, 6.45) is 2.38. The maximum absolute atomic E-state index is 12.2. The van der Waals surface area contributed by atoms with Gasteiger partial charge < -0.3 is 4.57 Å². The van der Waals surface area contributed by atoms with E-state index in [1.54, 1.807) is 10.8 Å². The Hall–Kier alpha value is -1.81. The lowest BCUT2D eigenvalue weighted by atomic mass is 10.1. The van der Waals surface area contributed by atoms with Crippen molar-refractivity contribution in [2.45, 2.75) is 33.4 Å². The first-order valence-corrected chi connectivity index (χ1v) is 6.96. The third-order valence-corrected chi connectivity index (χ3v) is 3.49. The van der Waals surface area contributed by atoms with Gasteiger partial charge in [-0.15, -0.1) is 0 Å². The normalized spacial score (nSPS) is 10.8. The Labute approximate surface area is 122 Å². The van der Waals surface area contributed by atoms with Gasteiger partial charge in [0.1, 0.15) is 0 Å². The van der Waals surface area contributed by atoms with Crippen LogP contribution in [0.1, 0.15) is 24.5 Å². The minimum atomic E-state index is -0.306. The van der Waals surface area contributed by atoms with Gasteiger partial charge in [0, 0.05) is 23.8 Å². The van der Waals surface area contributed by atoms with Gasteiger partial charge >= 0.3 is 5.69 Å². The molecule has 0 saturated heterocycles. The fraction of sp³-hybridized carbons (Fsp3) is 0.333. The van der Waals surface area contributed by atoms with Crippen LogP contribution in [0, 0.1) is 6.92 Å². The molecule has 1 aromatic carbocycles. The van der Waals surface area contributed by atoms with E-state index in [2.05, 4.69) is 0 Å². The Balaban J connectivity index is 2.45. The van der Waals surface area contributed by atoms with E-state index in [0.29, 0.717) is 11.6 Å². The first-order chi connectivity index (χ1) is 9.52. The summed E-state index contributed by atoms with van der Waals surface area (Å²) in [4.78, 5) is 24.1. The minimum Gasteiger partial charge on any atom is -0.300 e. The molecule has 1 aromatic heterocycles. The summed E-state index contributed by atoms with van der Waals surface area (Å²) in [5.41, 5.74) is 1.21. The highest BCUT2D eigenvalue weighted by atomic mass is 35.5. The molecule has 0 spiro atoms. The molecule has 2 aromatic rings. The topological polar surface area (TPSA) is 44.0 Å². The Morgan fingerprint density at radius 2 is 1.95 bits per heavy atom. The third-order valence-electron chi connectivity index (χ3n) is 3.14. The van der Waals surface area contributed by atoms with Crippen molar-refractivity contribution in [1.82, 2.24) is 9.13 Å². The lowest BCUT2D eigenvalue weighted by Crippen LogP contribution is -2.39. The van der Waals surface area contributed by atoms with Crippen molar-refractivity contribution in [2.75, 3.05) is 0 Å². The molecule has 1 heterocycles. The number of aromatic nitrogens is 2. The molecule has 0 fully saturated rings. The van der Waals surface area contributed by atoms with E-state index < -0.39 is 0 Å². The Morgan fingerprint density at radius 3 is 2.60 bits per heavy atom. The van der Waals surface area contributed by atoms with Crippen molar-refractivity contribution in [2.24, 2.45) is 0 Å². The zero-order valence-electron chi connectivity index (χ0n) is 11.6. The van der Waals surface area contributed by atoms with E-state index in [4.69, 9.17) is 11.6 Å². The molecule has 4 nitrogen and oxygen atoms in total. The number of benzene rings is 1. The lowest BCUT2D eigenvalue weighted by Gasteiger charge is -2.10. The van der Waals surface area contributed by atoms with Crippen LogP contribution in [0.15, 0.2) is 40.1 Å². The van der Waals surface area contributed by atoms with Crippen LogP contribution in [-0.2, 0) is 13.1 Å². The summed E-state index contributed by atoms with van der Waals surface area (Å²) in [5.74, 6) is 0. The van der Waals surface area contributed by atoms with E-state index in [-0.39, 0.29) is 17.8 Å². The highest BCUT2D eigenvalue weighted by Crippen LogP contribution is 2.17. The quantitative estimate of drug-likeness (QED) is 0.869. The van der Waals surface area contributed by atoms with E-state index in [9.17, 15) is 9.59 Å². The smallest absolute Gasteiger partial charge is 0.300 e. The van der Waals surface area contributed by atoms with Gasteiger partial charge in [-0.3, -0.25) is 9.36 Å². The summed E-state index contributed by atoms with van der Waals surface area (Å²) < 4.78 is 2.76. The number of halogens is 1. The van der Waals surface area contributed by atoms with Crippen molar-refractivity contribution in [3.05, 3.63) is 67.4 Å². The van der Waals surface area contributed by atoms with Crippen LogP contribution in [0.25, 0.3) is 0 Å². The van der Waals surface area contributed by atoms with Gasteiger partial charge in [-0.05, 0) is 30.5 Å². The molecule has 0 saturated carbocycles. The van der Waals surface area contributed by atoms with Gasteiger partial charge in [0.25, 0.3) is 5.56 Å². The van der Waals surface area contributed by atoms with E-state index in [1.165, 1.54) is 10.6 Å². The van der Waals surface area contributed by atoms with Crippen LogP contribution in [0.4, 0.5) is 0 Å². The molecule has 0 aliphatic rings. The summed E-state index contributed by atoms with van der Waals surface area (Å²) in [6.45, 7) is 4.72. The molecule has 0 radical (unpaired) electrons. The number of hydrogen-bond acceptors (Lipinski definition) is 2. The molecule has 20 heavy (non-hydrogen) atoms. The number of nitrogens with zero attached hydrogens (tertiary/aromatic N) is 2. The predicted octanol–water partition coefficient (Wildman–Crippen LogP) is 2.43. The SMILES string of the molecule is CCCn1ccc(=O)n(Cc2ccc(C)cc2Cl)c1=O. The number of rotatable bonds is 4. The highest BCUT2D eigenvalue weighted by molar-refractivity contribution is 6.31. The molecule has 0 amide bonds. The van der Waals surface area contributed by atoms with E-state index >= 15 is 0 Å². The molecule has 106 valence electrons. The van der Waals surface area contributed by atoms with Gasteiger partial charge in [-0.1, -0.05) is 30.7 Å². The summed E-state index contributed by atoms with van der Waals surface area (Å²) >= 11 is 6.16. The summed E-state index contributed by atoms with van der Waals surface area (Å²) in [5, 5.41) is 0.571. The predicted molar refractivity (Wildman–Crippen MR) is 80.5 cm³/mol. The minimum absolute atomic E-state index is 0.196. The second-order valence-corrected chi connectivity index (χ2v) is 5.22. The zero-order valence-corrected chi connectivity index (χ0v) is 12.4. The monoisotopic (exact) mass is 292 g/mol. The van der Waals surface area contributed by atoms with E-state index in [1.807, 2.05) is 32.0 Å². The van der Waals surface area contributed by atoms with Gasteiger partial charge in [0.2, 0.25) is 0 Å².